The van der Waals surface area contributed by atoms with E-state index >= 15 is 0 Å². The van der Waals surface area contributed by atoms with Crippen LogP contribution < -0.4 is 5.73 Å². The van der Waals surface area contributed by atoms with E-state index in [0.29, 0.717) is 15.7 Å². The van der Waals surface area contributed by atoms with Gasteiger partial charge in [0, 0.05) is 17.2 Å². The Hall–Kier alpha value is -1.24. The van der Waals surface area contributed by atoms with Crippen LogP contribution in [-0.2, 0) is 22.1 Å². The maximum absolute atomic E-state index is 12.4. The molecule has 1 aromatic heterocycles. The van der Waals surface area contributed by atoms with Crippen LogP contribution in [0.5, 0.6) is 0 Å². The first-order chi connectivity index (χ1) is 9.04. The minimum atomic E-state index is -3.42. The van der Waals surface area contributed by atoms with Gasteiger partial charge in [0.05, 0.1) is 16.3 Å². The van der Waals surface area contributed by atoms with Gasteiger partial charge in [-0.3, -0.25) is 4.98 Å². The summed E-state index contributed by atoms with van der Waals surface area (Å²) in [5.74, 6) is -0.101. The summed E-state index contributed by atoms with van der Waals surface area (Å²) in [6.45, 7) is 0.224. The third-order valence-electron chi connectivity index (χ3n) is 2.70. The van der Waals surface area contributed by atoms with Crippen LogP contribution in [0.2, 0.25) is 0 Å². The first-order valence-electron chi connectivity index (χ1n) is 5.64. The molecule has 0 fully saturated rings. The smallest absolute Gasteiger partial charge is 0.183 e. The van der Waals surface area contributed by atoms with Crippen LogP contribution in [-0.4, -0.2) is 13.4 Å². The van der Waals surface area contributed by atoms with Crippen LogP contribution >= 0.6 is 15.9 Å². The Morgan fingerprint density at radius 1 is 1.16 bits per heavy atom. The summed E-state index contributed by atoms with van der Waals surface area (Å²) in [7, 11) is -3.42. The van der Waals surface area contributed by atoms with Crippen molar-refractivity contribution in [2.24, 2.45) is 5.73 Å². The topological polar surface area (TPSA) is 73.0 Å². The lowest BCUT2D eigenvalue weighted by molar-refractivity contribution is 0.594. The van der Waals surface area contributed by atoms with Crippen LogP contribution in [0.25, 0.3) is 0 Å². The van der Waals surface area contributed by atoms with Crippen LogP contribution in [0, 0.1) is 0 Å². The number of hydrogen-bond donors (Lipinski definition) is 1. The Labute approximate surface area is 120 Å². The van der Waals surface area contributed by atoms with Crippen LogP contribution in [0.15, 0.2) is 52.0 Å². The first-order valence-corrected chi connectivity index (χ1v) is 8.09. The number of sulfone groups is 1. The fourth-order valence-electron chi connectivity index (χ4n) is 1.77. The zero-order valence-electron chi connectivity index (χ0n) is 10.1. The van der Waals surface area contributed by atoms with Crippen LogP contribution in [0.3, 0.4) is 0 Å². The van der Waals surface area contributed by atoms with Crippen LogP contribution in [0.1, 0.15) is 11.3 Å². The number of aromatic nitrogens is 1. The van der Waals surface area contributed by atoms with Crippen molar-refractivity contribution < 1.29 is 8.42 Å². The summed E-state index contributed by atoms with van der Waals surface area (Å²) in [6.07, 6.45) is 1.61. The molecular weight excluding hydrogens is 328 g/mol. The molecule has 0 saturated carbocycles. The van der Waals surface area contributed by atoms with Crippen molar-refractivity contribution in [3.63, 3.8) is 0 Å². The fourth-order valence-corrected chi connectivity index (χ4v) is 4.27. The third kappa shape index (κ3) is 3.20. The van der Waals surface area contributed by atoms with Gasteiger partial charge in [0.15, 0.2) is 9.84 Å². The van der Waals surface area contributed by atoms with Gasteiger partial charge in [-0.15, -0.1) is 0 Å². The molecule has 4 nitrogen and oxygen atoms in total. The number of benzene rings is 1. The summed E-state index contributed by atoms with van der Waals surface area (Å²) in [5.41, 5.74) is 6.82. The first kappa shape index (κ1) is 14.2. The highest BCUT2D eigenvalue weighted by Crippen LogP contribution is 2.25. The monoisotopic (exact) mass is 340 g/mol. The highest BCUT2D eigenvalue weighted by atomic mass is 79.9. The molecule has 2 aromatic rings. The molecule has 0 aliphatic heterocycles. The van der Waals surface area contributed by atoms with E-state index in [-0.39, 0.29) is 17.2 Å². The molecular formula is C13H13BrN2O2S. The molecule has 6 heteroatoms. The maximum atomic E-state index is 12.4. The predicted octanol–water partition coefficient (Wildman–Crippen LogP) is 2.28. The molecule has 0 aliphatic rings. The van der Waals surface area contributed by atoms with E-state index in [1.165, 1.54) is 0 Å². The Morgan fingerprint density at radius 2 is 1.89 bits per heavy atom. The molecule has 2 N–H and O–H groups in total. The van der Waals surface area contributed by atoms with Crippen molar-refractivity contribution in [2.45, 2.75) is 17.2 Å². The van der Waals surface area contributed by atoms with Gasteiger partial charge < -0.3 is 5.73 Å². The Morgan fingerprint density at radius 3 is 2.58 bits per heavy atom. The van der Waals surface area contributed by atoms with E-state index in [1.54, 1.807) is 42.6 Å². The second-order valence-corrected chi connectivity index (χ2v) is 6.82. The Bertz CT molecular complexity index is 687. The van der Waals surface area contributed by atoms with Gasteiger partial charge in [0.1, 0.15) is 0 Å². The zero-order chi connectivity index (χ0) is 13.9. The van der Waals surface area contributed by atoms with Gasteiger partial charge in [-0.1, -0.05) is 18.2 Å². The summed E-state index contributed by atoms with van der Waals surface area (Å²) >= 11 is 3.26. The minimum absolute atomic E-state index is 0.101. The number of hydrogen-bond acceptors (Lipinski definition) is 4. The van der Waals surface area contributed by atoms with Crippen molar-refractivity contribution in [1.82, 2.24) is 4.98 Å². The standard InChI is InChI=1S/C13H13BrN2O2S/c14-11-5-1-2-6-13(11)19(17,18)9-10-4-3-7-16-12(10)8-15/h1-7H,8-9,15H2. The summed E-state index contributed by atoms with van der Waals surface area (Å²) in [5, 5.41) is 0. The van der Waals surface area contributed by atoms with Crippen molar-refractivity contribution in [1.29, 1.82) is 0 Å². The number of pyridine rings is 1. The van der Waals surface area contributed by atoms with Gasteiger partial charge >= 0.3 is 0 Å². The summed E-state index contributed by atoms with van der Waals surface area (Å²) in [6, 6.07) is 10.2. The highest BCUT2D eigenvalue weighted by molar-refractivity contribution is 9.10. The molecule has 0 saturated heterocycles. The molecule has 2 rings (SSSR count). The molecule has 0 unspecified atom stereocenters. The van der Waals surface area contributed by atoms with Gasteiger partial charge in [0.2, 0.25) is 0 Å². The number of nitrogens with two attached hydrogens (primary N) is 1. The van der Waals surface area contributed by atoms with Crippen LogP contribution in [0.4, 0.5) is 0 Å². The SMILES string of the molecule is NCc1ncccc1CS(=O)(=O)c1ccccc1Br. The molecule has 0 bridgehead atoms. The molecule has 19 heavy (non-hydrogen) atoms. The zero-order valence-corrected chi connectivity index (χ0v) is 12.5. The third-order valence-corrected chi connectivity index (χ3v) is 5.37. The molecule has 100 valence electrons. The molecule has 0 radical (unpaired) electrons. The molecule has 0 aliphatic carbocycles. The van der Waals surface area contributed by atoms with Crippen molar-refractivity contribution in [3.05, 3.63) is 58.3 Å². The lowest BCUT2D eigenvalue weighted by Crippen LogP contribution is -2.10. The average molecular weight is 341 g/mol. The quantitative estimate of drug-likeness (QED) is 0.926. The van der Waals surface area contributed by atoms with Gasteiger partial charge in [-0.2, -0.15) is 0 Å². The van der Waals surface area contributed by atoms with E-state index in [0.717, 1.165) is 0 Å². The molecule has 0 spiro atoms. The van der Waals surface area contributed by atoms with Gasteiger partial charge in [-0.05, 0) is 39.7 Å². The second-order valence-electron chi connectivity index (χ2n) is 4.00. The van der Waals surface area contributed by atoms with E-state index in [9.17, 15) is 8.42 Å². The average Bonchev–Trinajstić information content (AvgIpc) is 2.39. The Balaban J connectivity index is 2.40. The maximum Gasteiger partial charge on any atom is 0.183 e. The van der Waals surface area contributed by atoms with E-state index in [4.69, 9.17) is 5.73 Å². The minimum Gasteiger partial charge on any atom is -0.325 e. The van der Waals surface area contributed by atoms with Gasteiger partial charge in [0.25, 0.3) is 0 Å². The predicted molar refractivity (Wildman–Crippen MR) is 77.2 cm³/mol. The normalized spacial score (nSPS) is 11.5. The lowest BCUT2D eigenvalue weighted by atomic mass is 10.2. The van der Waals surface area contributed by atoms with E-state index < -0.39 is 9.84 Å². The summed E-state index contributed by atoms with van der Waals surface area (Å²) < 4.78 is 25.3. The lowest BCUT2D eigenvalue weighted by Gasteiger charge is -2.09. The fraction of sp³-hybridized carbons (Fsp3) is 0.154. The molecule has 0 amide bonds. The molecule has 0 atom stereocenters. The van der Waals surface area contributed by atoms with Gasteiger partial charge in [-0.25, -0.2) is 8.42 Å². The van der Waals surface area contributed by atoms with Crippen molar-refractivity contribution in [3.8, 4) is 0 Å². The molecule has 1 aromatic carbocycles. The second kappa shape index (κ2) is 5.81. The highest BCUT2D eigenvalue weighted by Gasteiger charge is 2.19. The number of halogens is 1. The van der Waals surface area contributed by atoms with Crippen molar-refractivity contribution in [2.75, 3.05) is 0 Å². The largest absolute Gasteiger partial charge is 0.325 e. The number of nitrogens with zero attached hydrogens (tertiary/aromatic N) is 1. The van der Waals surface area contributed by atoms with E-state index in [2.05, 4.69) is 20.9 Å². The molecule has 1 heterocycles. The Kier molecular flexibility index (Phi) is 4.34. The summed E-state index contributed by atoms with van der Waals surface area (Å²) in [4.78, 5) is 4.38. The van der Waals surface area contributed by atoms with Crippen molar-refractivity contribution >= 4 is 25.8 Å². The van der Waals surface area contributed by atoms with E-state index in [1.807, 2.05) is 0 Å². The number of rotatable bonds is 4.